The van der Waals surface area contributed by atoms with Gasteiger partial charge in [0.15, 0.2) is 5.76 Å². The van der Waals surface area contributed by atoms with Gasteiger partial charge in [-0.05, 0) is 54.3 Å². The molecule has 0 unspecified atom stereocenters. The van der Waals surface area contributed by atoms with E-state index in [2.05, 4.69) is 5.32 Å². The predicted octanol–water partition coefficient (Wildman–Crippen LogP) is 4.59. The van der Waals surface area contributed by atoms with E-state index in [1.165, 1.54) is 19.2 Å². The molecule has 1 aromatic heterocycles. The topological polar surface area (TPSA) is 71.8 Å². The maximum atomic E-state index is 13.2. The van der Waals surface area contributed by atoms with Crippen molar-refractivity contribution in [2.75, 3.05) is 25.5 Å². The van der Waals surface area contributed by atoms with Crippen LogP contribution in [0, 0.1) is 11.7 Å². The number of likely N-dealkylation sites (tertiary alicyclic amines) is 1. The Balaban J connectivity index is 1.42. The quantitative estimate of drug-likeness (QED) is 0.653. The zero-order chi connectivity index (χ0) is 21.8. The number of nitrogens with zero attached hydrogens (tertiary/aromatic N) is 1. The number of halogens is 1. The third-order valence-corrected chi connectivity index (χ3v) is 5.38. The van der Waals surface area contributed by atoms with Gasteiger partial charge in [-0.15, -0.1) is 0 Å². The minimum atomic E-state index is -0.316. The van der Waals surface area contributed by atoms with Crippen molar-refractivity contribution in [3.05, 3.63) is 72.2 Å². The summed E-state index contributed by atoms with van der Waals surface area (Å²) in [7, 11) is 1.47. The molecule has 160 valence electrons. The number of anilines is 1. The van der Waals surface area contributed by atoms with Gasteiger partial charge >= 0.3 is 0 Å². The van der Waals surface area contributed by atoms with Crippen LogP contribution in [0.1, 0.15) is 23.4 Å². The Labute approximate surface area is 179 Å². The summed E-state index contributed by atoms with van der Waals surface area (Å²) in [5.74, 6) is -0.521. The summed E-state index contributed by atoms with van der Waals surface area (Å²) >= 11 is 0. The highest BCUT2D eigenvalue weighted by molar-refractivity contribution is 5.95. The standard InChI is InChI=1S/C24H23FN2O4/c1-30-22-12-11-21(31-22)24(29)27-13-3-5-18(15-27)23(28)26-20-6-2-4-17(14-20)16-7-9-19(25)10-8-16/h2,4,6-12,14,18H,3,5,13,15H2,1H3,(H,26,28)/t18-/m0/s1. The lowest BCUT2D eigenvalue weighted by Crippen LogP contribution is -2.43. The van der Waals surface area contributed by atoms with Crippen molar-refractivity contribution in [2.24, 2.45) is 5.92 Å². The normalized spacial score (nSPS) is 16.1. The van der Waals surface area contributed by atoms with E-state index in [0.29, 0.717) is 25.2 Å². The fourth-order valence-corrected chi connectivity index (χ4v) is 3.74. The Kier molecular flexibility index (Phi) is 6.02. The van der Waals surface area contributed by atoms with E-state index in [0.717, 1.165) is 17.5 Å². The van der Waals surface area contributed by atoms with Gasteiger partial charge in [0.1, 0.15) is 5.82 Å². The van der Waals surface area contributed by atoms with Gasteiger partial charge in [-0.3, -0.25) is 9.59 Å². The average molecular weight is 422 g/mol. The number of benzene rings is 2. The lowest BCUT2D eigenvalue weighted by atomic mass is 9.96. The molecule has 2 heterocycles. The van der Waals surface area contributed by atoms with E-state index in [1.807, 2.05) is 24.3 Å². The molecule has 7 heteroatoms. The lowest BCUT2D eigenvalue weighted by Gasteiger charge is -2.31. The van der Waals surface area contributed by atoms with E-state index >= 15 is 0 Å². The number of methoxy groups -OCH3 is 1. The molecule has 1 N–H and O–H groups in total. The van der Waals surface area contributed by atoms with Crippen LogP contribution in [0.5, 0.6) is 5.95 Å². The largest absolute Gasteiger partial charge is 0.468 e. The molecule has 1 saturated heterocycles. The number of piperidine rings is 1. The molecule has 2 amide bonds. The molecule has 0 radical (unpaired) electrons. The van der Waals surface area contributed by atoms with Crippen LogP contribution in [0.3, 0.4) is 0 Å². The van der Waals surface area contributed by atoms with Crippen molar-refractivity contribution in [1.29, 1.82) is 0 Å². The van der Waals surface area contributed by atoms with Crippen LogP contribution < -0.4 is 10.1 Å². The van der Waals surface area contributed by atoms with E-state index in [-0.39, 0.29) is 35.3 Å². The number of hydrogen-bond donors (Lipinski definition) is 1. The average Bonchev–Trinajstić information content (AvgIpc) is 3.29. The van der Waals surface area contributed by atoms with Crippen molar-refractivity contribution in [2.45, 2.75) is 12.8 Å². The van der Waals surface area contributed by atoms with Crippen molar-refractivity contribution in [1.82, 2.24) is 4.90 Å². The number of rotatable bonds is 5. The van der Waals surface area contributed by atoms with Gasteiger partial charge in [-0.1, -0.05) is 24.3 Å². The van der Waals surface area contributed by atoms with Crippen molar-refractivity contribution in [3.8, 4) is 17.1 Å². The van der Waals surface area contributed by atoms with E-state index in [4.69, 9.17) is 9.15 Å². The molecule has 31 heavy (non-hydrogen) atoms. The zero-order valence-electron chi connectivity index (χ0n) is 17.1. The Morgan fingerprint density at radius 3 is 2.65 bits per heavy atom. The number of amides is 2. The van der Waals surface area contributed by atoms with Crippen molar-refractivity contribution in [3.63, 3.8) is 0 Å². The summed E-state index contributed by atoms with van der Waals surface area (Å²) in [4.78, 5) is 27.2. The number of furan rings is 1. The van der Waals surface area contributed by atoms with Crippen LogP contribution in [0.2, 0.25) is 0 Å². The lowest BCUT2D eigenvalue weighted by molar-refractivity contribution is -0.121. The molecule has 1 aliphatic rings. The van der Waals surface area contributed by atoms with Gasteiger partial charge in [0.05, 0.1) is 13.0 Å². The smallest absolute Gasteiger partial charge is 0.289 e. The minimum Gasteiger partial charge on any atom is -0.468 e. The monoisotopic (exact) mass is 422 g/mol. The van der Waals surface area contributed by atoms with Crippen molar-refractivity contribution < 1.29 is 23.1 Å². The first-order valence-electron chi connectivity index (χ1n) is 10.1. The second-order valence-corrected chi connectivity index (χ2v) is 7.49. The third kappa shape index (κ3) is 4.77. The molecular formula is C24H23FN2O4. The highest BCUT2D eigenvalue weighted by atomic mass is 19.1. The van der Waals surface area contributed by atoms with Crippen LogP contribution in [-0.2, 0) is 4.79 Å². The van der Waals surface area contributed by atoms with E-state index in [9.17, 15) is 14.0 Å². The summed E-state index contributed by atoms with van der Waals surface area (Å²) in [6.07, 6.45) is 1.44. The molecule has 6 nitrogen and oxygen atoms in total. The van der Waals surface area contributed by atoms with Crippen LogP contribution >= 0.6 is 0 Å². The number of ether oxygens (including phenoxy) is 1. The molecular weight excluding hydrogens is 399 g/mol. The van der Waals surface area contributed by atoms with Gasteiger partial charge in [0, 0.05) is 24.8 Å². The molecule has 3 aromatic rings. The van der Waals surface area contributed by atoms with Crippen LogP contribution in [-0.4, -0.2) is 36.9 Å². The SMILES string of the molecule is COc1ccc(C(=O)N2CCC[C@H](C(=O)Nc3cccc(-c4ccc(F)cc4)c3)C2)o1. The first-order chi connectivity index (χ1) is 15.0. The Bertz CT molecular complexity index is 1080. The second kappa shape index (κ2) is 9.04. The molecule has 1 aliphatic heterocycles. The van der Waals surface area contributed by atoms with Gasteiger partial charge in [-0.2, -0.15) is 0 Å². The van der Waals surface area contributed by atoms with Crippen LogP contribution in [0.25, 0.3) is 11.1 Å². The van der Waals surface area contributed by atoms with Gasteiger partial charge < -0.3 is 19.4 Å². The summed E-state index contributed by atoms with van der Waals surface area (Å²) in [5.41, 5.74) is 2.40. The van der Waals surface area contributed by atoms with Gasteiger partial charge in [0.25, 0.3) is 11.9 Å². The number of nitrogens with one attached hydrogen (secondary N) is 1. The molecule has 0 aliphatic carbocycles. The van der Waals surface area contributed by atoms with Gasteiger partial charge in [-0.25, -0.2) is 4.39 Å². The molecule has 0 spiro atoms. The maximum Gasteiger partial charge on any atom is 0.289 e. The number of carbonyl (C=O) groups excluding carboxylic acids is 2. The molecule has 0 bridgehead atoms. The number of carbonyl (C=O) groups is 2. The maximum absolute atomic E-state index is 13.2. The van der Waals surface area contributed by atoms with Gasteiger partial charge in [0.2, 0.25) is 5.91 Å². The Morgan fingerprint density at radius 1 is 1.10 bits per heavy atom. The predicted molar refractivity (Wildman–Crippen MR) is 114 cm³/mol. The van der Waals surface area contributed by atoms with E-state index < -0.39 is 0 Å². The third-order valence-electron chi connectivity index (χ3n) is 5.38. The van der Waals surface area contributed by atoms with Crippen molar-refractivity contribution >= 4 is 17.5 Å². The zero-order valence-corrected chi connectivity index (χ0v) is 17.1. The first-order valence-corrected chi connectivity index (χ1v) is 10.1. The highest BCUT2D eigenvalue weighted by Crippen LogP contribution is 2.25. The van der Waals surface area contributed by atoms with E-state index in [1.54, 1.807) is 29.2 Å². The molecule has 2 aromatic carbocycles. The minimum absolute atomic E-state index is 0.134. The fourth-order valence-electron chi connectivity index (χ4n) is 3.74. The molecule has 4 rings (SSSR count). The summed E-state index contributed by atoms with van der Waals surface area (Å²) in [5, 5.41) is 2.95. The highest BCUT2D eigenvalue weighted by Gasteiger charge is 2.30. The fraction of sp³-hybridized carbons (Fsp3) is 0.250. The van der Waals surface area contributed by atoms with Crippen LogP contribution in [0.4, 0.5) is 10.1 Å². The summed E-state index contributed by atoms with van der Waals surface area (Å²) < 4.78 is 23.5. The number of hydrogen-bond acceptors (Lipinski definition) is 4. The Hall–Kier alpha value is -3.61. The molecule has 1 fully saturated rings. The molecule has 1 atom stereocenters. The Morgan fingerprint density at radius 2 is 1.90 bits per heavy atom. The summed E-state index contributed by atoms with van der Waals surface area (Å²) in [6.45, 7) is 0.900. The second-order valence-electron chi connectivity index (χ2n) is 7.49. The van der Waals surface area contributed by atoms with Crippen LogP contribution in [0.15, 0.2) is 65.1 Å². The molecule has 0 saturated carbocycles. The summed E-state index contributed by atoms with van der Waals surface area (Å²) in [6, 6.07) is 16.8. The first kappa shape index (κ1) is 20.7.